The number of halogens is 2. The topological polar surface area (TPSA) is 80.3 Å². The first-order chi connectivity index (χ1) is 13.5. The van der Waals surface area contributed by atoms with Crippen molar-refractivity contribution in [1.82, 2.24) is 4.98 Å². The molecule has 3 rings (SSSR count). The van der Waals surface area contributed by atoms with Crippen LogP contribution in [0.2, 0.25) is 0 Å². The summed E-state index contributed by atoms with van der Waals surface area (Å²) in [5.41, 5.74) is 0.930. The summed E-state index contributed by atoms with van der Waals surface area (Å²) in [5.74, 6) is -2.62. The van der Waals surface area contributed by atoms with Crippen LogP contribution in [0.25, 0.3) is 0 Å². The fourth-order valence-electron chi connectivity index (χ4n) is 2.45. The molecule has 0 aliphatic carbocycles. The molecule has 0 saturated heterocycles. The molecule has 0 atom stereocenters. The second kappa shape index (κ2) is 8.26. The van der Waals surface area contributed by atoms with Gasteiger partial charge in [0.2, 0.25) is 0 Å². The Hall–Kier alpha value is -3.81. The molecule has 0 aliphatic rings. The lowest BCUT2D eigenvalue weighted by Crippen LogP contribution is -2.16. The lowest BCUT2D eigenvalue weighted by Gasteiger charge is -2.11. The molecule has 0 fully saturated rings. The van der Waals surface area contributed by atoms with Crippen LogP contribution in [0.4, 0.5) is 25.8 Å². The highest BCUT2D eigenvalue weighted by atomic mass is 19.1. The smallest absolute Gasteiger partial charge is 0.339 e. The van der Waals surface area contributed by atoms with E-state index in [-0.39, 0.29) is 22.6 Å². The molecular weight excluding hydrogens is 368 g/mol. The third-order valence-corrected chi connectivity index (χ3v) is 3.78. The molecule has 28 heavy (non-hydrogen) atoms. The van der Waals surface area contributed by atoms with Crippen LogP contribution in [-0.4, -0.2) is 24.0 Å². The lowest BCUT2D eigenvalue weighted by atomic mass is 10.1. The summed E-state index contributed by atoms with van der Waals surface area (Å²) in [6.07, 6.45) is 1.37. The number of carbonyl (C=O) groups is 2. The zero-order valence-electron chi connectivity index (χ0n) is 14.7. The van der Waals surface area contributed by atoms with Crippen LogP contribution in [0.3, 0.4) is 0 Å². The zero-order valence-corrected chi connectivity index (χ0v) is 14.7. The van der Waals surface area contributed by atoms with Crippen LogP contribution in [0.5, 0.6) is 0 Å². The van der Waals surface area contributed by atoms with E-state index in [0.717, 1.165) is 12.1 Å². The van der Waals surface area contributed by atoms with Crippen LogP contribution in [0.15, 0.2) is 60.8 Å². The number of esters is 1. The number of nitrogens with one attached hydrogen (secondary N) is 2. The van der Waals surface area contributed by atoms with E-state index in [1.54, 1.807) is 18.2 Å². The number of anilines is 3. The van der Waals surface area contributed by atoms with Gasteiger partial charge >= 0.3 is 5.97 Å². The third kappa shape index (κ3) is 4.29. The molecule has 0 spiro atoms. The highest BCUT2D eigenvalue weighted by molar-refractivity contribution is 6.07. The Balaban J connectivity index is 1.81. The van der Waals surface area contributed by atoms with E-state index in [0.29, 0.717) is 5.69 Å². The predicted molar refractivity (Wildman–Crippen MR) is 99.6 cm³/mol. The molecule has 1 heterocycles. The molecule has 0 aliphatic heterocycles. The number of rotatable bonds is 5. The molecule has 1 amide bonds. The van der Waals surface area contributed by atoms with Crippen LogP contribution in [-0.2, 0) is 4.74 Å². The van der Waals surface area contributed by atoms with Crippen molar-refractivity contribution in [2.45, 2.75) is 0 Å². The number of aromatic nitrogens is 1. The van der Waals surface area contributed by atoms with Crippen molar-refractivity contribution in [1.29, 1.82) is 0 Å². The Morgan fingerprint density at radius 2 is 1.79 bits per heavy atom. The molecule has 6 nitrogen and oxygen atoms in total. The largest absolute Gasteiger partial charge is 0.465 e. The average molecular weight is 383 g/mol. The normalized spacial score (nSPS) is 10.2. The van der Waals surface area contributed by atoms with Crippen molar-refractivity contribution in [3.05, 3.63) is 83.7 Å². The number of hydrogen-bond donors (Lipinski definition) is 2. The van der Waals surface area contributed by atoms with Crippen molar-refractivity contribution in [3.8, 4) is 0 Å². The Morgan fingerprint density at radius 3 is 2.54 bits per heavy atom. The minimum Gasteiger partial charge on any atom is -0.465 e. The van der Waals surface area contributed by atoms with Gasteiger partial charge in [0.25, 0.3) is 5.91 Å². The van der Waals surface area contributed by atoms with Crippen molar-refractivity contribution < 1.29 is 23.1 Å². The number of para-hydroxylation sites is 1. The van der Waals surface area contributed by atoms with Gasteiger partial charge in [-0.05, 0) is 36.4 Å². The second-order valence-corrected chi connectivity index (χ2v) is 5.67. The van der Waals surface area contributed by atoms with E-state index in [9.17, 15) is 18.4 Å². The van der Waals surface area contributed by atoms with E-state index in [4.69, 9.17) is 4.74 Å². The lowest BCUT2D eigenvalue weighted by molar-refractivity contribution is 0.0602. The average Bonchev–Trinajstić information content (AvgIpc) is 2.70. The van der Waals surface area contributed by atoms with Gasteiger partial charge in [-0.25, -0.2) is 13.6 Å². The summed E-state index contributed by atoms with van der Waals surface area (Å²) in [6, 6.07) is 12.4. The van der Waals surface area contributed by atoms with Gasteiger partial charge in [-0.2, -0.15) is 0 Å². The number of hydrogen-bond acceptors (Lipinski definition) is 5. The zero-order chi connectivity index (χ0) is 20.1. The van der Waals surface area contributed by atoms with Crippen molar-refractivity contribution in [3.63, 3.8) is 0 Å². The van der Waals surface area contributed by atoms with Crippen molar-refractivity contribution >= 4 is 28.9 Å². The number of nitrogens with zero attached hydrogens (tertiary/aromatic N) is 1. The number of ether oxygens (including phenoxy) is 1. The van der Waals surface area contributed by atoms with Gasteiger partial charge in [-0.3, -0.25) is 9.78 Å². The van der Waals surface area contributed by atoms with Gasteiger partial charge in [0.05, 0.1) is 24.0 Å². The van der Waals surface area contributed by atoms with E-state index in [2.05, 4.69) is 15.6 Å². The number of pyridine rings is 1. The number of amides is 1. The molecule has 0 saturated carbocycles. The monoisotopic (exact) mass is 383 g/mol. The maximum absolute atomic E-state index is 13.8. The van der Waals surface area contributed by atoms with E-state index in [1.165, 1.54) is 37.6 Å². The highest BCUT2D eigenvalue weighted by Crippen LogP contribution is 2.22. The van der Waals surface area contributed by atoms with Crippen LogP contribution in [0, 0.1) is 11.6 Å². The first-order valence-electron chi connectivity index (χ1n) is 8.15. The molecule has 3 aromatic rings. The summed E-state index contributed by atoms with van der Waals surface area (Å²) < 4.78 is 31.5. The molecule has 2 N–H and O–H groups in total. The molecule has 8 heteroatoms. The number of methoxy groups -OCH3 is 1. The van der Waals surface area contributed by atoms with Gasteiger partial charge in [-0.15, -0.1) is 0 Å². The van der Waals surface area contributed by atoms with Gasteiger partial charge in [0.15, 0.2) is 0 Å². The summed E-state index contributed by atoms with van der Waals surface area (Å²) in [6.45, 7) is 0. The molecule has 1 aromatic heterocycles. The van der Waals surface area contributed by atoms with Gasteiger partial charge in [0.1, 0.15) is 17.3 Å². The Bertz CT molecular complexity index is 1040. The SMILES string of the molecule is COC(=O)c1ccccc1NC(=O)c1cc(Nc2ccc(F)cc2F)ccn1. The second-order valence-electron chi connectivity index (χ2n) is 5.67. The molecule has 0 bridgehead atoms. The maximum Gasteiger partial charge on any atom is 0.339 e. The fourth-order valence-corrected chi connectivity index (χ4v) is 2.45. The molecule has 142 valence electrons. The Morgan fingerprint density at radius 1 is 1.00 bits per heavy atom. The maximum atomic E-state index is 13.8. The Kier molecular flexibility index (Phi) is 5.59. The van der Waals surface area contributed by atoms with Gasteiger partial charge < -0.3 is 15.4 Å². The first kappa shape index (κ1) is 19.0. The minimum atomic E-state index is -0.769. The van der Waals surface area contributed by atoms with Crippen molar-refractivity contribution in [2.24, 2.45) is 0 Å². The first-order valence-corrected chi connectivity index (χ1v) is 8.15. The van der Waals surface area contributed by atoms with Gasteiger partial charge in [-0.1, -0.05) is 12.1 Å². The van der Waals surface area contributed by atoms with Crippen LogP contribution in [0.1, 0.15) is 20.8 Å². The van der Waals surface area contributed by atoms with Crippen LogP contribution < -0.4 is 10.6 Å². The van der Waals surface area contributed by atoms with E-state index < -0.39 is 23.5 Å². The standard InChI is InChI=1S/C20H15F2N3O3/c1-28-20(27)14-4-2-3-5-16(14)25-19(26)18-11-13(8-9-23-18)24-17-7-6-12(21)10-15(17)22/h2-11H,1H3,(H,23,24)(H,25,26). The molecule has 2 aromatic carbocycles. The number of benzene rings is 2. The summed E-state index contributed by atoms with van der Waals surface area (Å²) in [4.78, 5) is 28.3. The quantitative estimate of drug-likeness (QED) is 0.647. The summed E-state index contributed by atoms with van der Waals surface area (Å²) >= 11 is 0. The third-order valence-electron chi connectivity index (χ3n) is 3.78. The number of carbonyl (C=O) groups excluding carboxylic acids is 2. The summed E-state index contributed by atoms with van der Waals surface area (Å²) in [5, 5.41) is 5.36. The van der Waals surface area contributed by atoms with Gasteiger partial charge in [0, 0.05) is 18.0 Å². The predicted octanol–water partition coefficient (Wildman–Crippen LogP) is 4.14. The molecule has 0 unspecified atom stereocenters. The van der Waals surface area contributed by atoms with Crippen LogP contribution >= 0.6 is 0 Å². The minimum absolute atomic E-state index is 0.0344. The van der Waals surface area contributed by atoms with E-state index >= 15 is 0 Å². The summed E-state index contributed by atoms with van der Waals surface area (Å²) in [7, 11) is 1.24. The molecular formula is C20H15F2N3O3. The Labute approximate surface area is 159 Å². The van der Waals surface area contributed by atoms with Crippen molar-refractivity contribution in [2.75, 3.05) is 17.7 Å². The van der Waals surface area contributed by atoms with E-state index in [1.807, 2.05) is 0 Å². The molecule has 0 radical (unpaired) electrons. The highest BCUT2D eigenvalue weighted by Gasteiger charge is 2.15. The fraction of sp³-hybridized carbons (Fsp3) is 0.0500.